The number of hydrogen-bond acceptors (Lipinski definition) is 6. The summed E-state index contributed by atoms with van der Waals surface area (Å²) in [7, 11) is 0. The number of nitrogens with zero attached hydrogens (tertiary/aromatic N) is 4. The van der Waals surface area contributed by atoms with E-state index in [0.29, 0.717) is 37.4 Å². The number of alkyl halides is 3. The van der Waals surface area contributed by atoms with Gasteiger partial charge in [0, 0.05) is 25.9 Å². The Morgan fingerprint density at radius 2 is 1.82 bits per heavy atom. The number of carbonyl (C=O) groups excluding carboxylic acids is 1. The maximum Gasteiger partial charge on any atom is 0.416 e. The fraction of sp³-hybridized carbons (Fsp3) is 0.625. The van der Waals surface area contributed by atoms with Gasteiger partial charge in [0.1, 0.15) is 12.1 Å². The minimum atomic E-state index is -4.52. The molecule has 184 valence electrons. The molecule has 2 saturated carbocycles. The minimum absolute atomic E-state index is 0.193. The number of primary amides is 1. The van der Waals surface area contributed by atoms with Crippen molar-refractivity contribution in [1.29, 1.82) is 0 Å². The fourth-order valence-corrected chi connectivity index (χ4v) is 5.36. The molecule has 3 N–H and O–H groups in total. The highest BCUT2D eigenvalue weighted by Crippen LogP contribution is 2.42. The smallest absolute Gasteiger partial charge is 0.393 e. The van der Waals surface area contributed by atoms with Crippen LogP contribution in [0, 0.1) is 11.8 Å². The van der Waals surface area contributed by atoms with Crippen molar-refractivity contribution >= 4 is 22.6 Å². The van der Waals surface area contributed by atoms with E-state index < -0.39 is 23.7 Å². The van der Waals surface area contributed by atoms with Crippen LogP contribution in [-0.4, -0.2) is 63.7 Å². The van der Waals surface area contributed by atoms with Gasteiger partial charge < -0.3 is 15.7 Å². The van der Waals surface area contributed by atoms with Gasteiger partial charge in [-0.25, -0.2) is 9.97 Å². The van der Waals surface area contributed by atoms with Crippen molar-refractivity contribution in [3.63, 3.8) is 0 Å². The number of amides is 1. The molecule has 1 atom stereocenters. The van der Waals surface area contributed by atoms with E-state index >= 15 is 0 Å². The first-order valence-electron chi connectivity index (χ1n) is 12.4. The molecule has 7 nitrogen and oxygen atoms in total. The Kier molecular flexibility index (Phi) is 5.81. The Hall–Kier alpha value is -2.46. The molecule has 1 unspecified atom stereocenters. The number of carbonyl (C=O) groups is 1. The molecule has 2 aromatic rings. The molecule has 0 radical (unpaired) electrons. The van der Waals surface area contributed by atoms with Crippen molar-refractivity contribution < 1.29 is 24.4 Å². The topological polar surface area (TPSA) is 95.6 Å². The quantitative estimate of drug-likeness (QED) is 0.635. The maximum atomic E-state index is 13.3. The molecule has 1 aliphatic heterocycles. The van der Waals surface area contributed by atoms with Crippen LogP contribution in [0.15, 0.2) is 24.5 Å². The van der Waals surface area contributed by atoms with Gasteiger partial charge in [-0.05, 0) is 68.6 Å². The van der Waals surface area contributed by atoms with E-state index in [1.807, 2.05) is 0 Å². The van der Waals surface area contributed by atoms with E-state index in [9.17, 15) is 23.1 Å². The van der Waals surface area contributed by atoms with Crippen molar-refractivity contribution in [2.45, 2.75) is 62.9 Å². The summed E-state index contributed by atoms with van der Waals surface area (Å²) >= 11 is 0. The lowest BCUT2D eigenvalue weighted by Crippen LogP contribution is -2.64. The first kappa shape index (κ1) is 22.0. The van der Waals surface area contributed by atoms with Crippen LogP contribution in [0.3, 0.4) is 0 Å². The second-order valence-electron chi connectivity index (χ2n) is 9.81. The van der Waals surface area contributed by atoms with Gasteiger partial charge in [0.25, 0.3) is 0 Å². The van der Waals surface area contributed by atoms with Gasteiger partial charge >= 0.3 is 6.18 Å². The molecule has 2 aliphatic carbocycles. The van der Waals surface area contributed by atoms with Crippen LogP contribution in [0.4, 0.5) is 19.0 Å². The van der Waals surface area contributed by atoms with E-state index in [4.69, 9.17) is 7.10 Å². The van der Waals surface area contributed by atoms with Crippen LogP contribution in [0.1, 0.15) is 45.5 Å². The zero-order chi connectivity index (χ0) is 25.0. The lowest BCUT2D eigenvalue weighted by molar-refractivity contribution is -0.137. The number of likely N-dealkylation sites (tertiary alicyclic amines) is 1. The summed E-state index contributed by atoms with van der Waals surface area (Å²) in [5.41, 5.74) is 5.02. The van der Waals surface area contributed by atoms with Crippen LogP contribution < -0.4 is 10.6 Å². The molecule has 3 aliphatic rings. The predicted molar refractivity (Wildman–Crippen MR) is 121 cm³/mol. The molecule has 5 rings (SSSR count). The Morgan fingerprint density at radius 1 is 1.18 bits per heavy atom. The summed E-state index contributed by atoms with van der Waals surface area (Å²) in [6, 6.07) is 2.32. The summed E-state index contributed by atoms with van der Waals surface area (Å²) in [6.07, 6.45) is 1.62. The highest BCUT2D eigenvalue weighted by molar-refractivity contribution is 5.92. The van der Waals surface area contributed by atoms with Crippen LogP contribution in [0.5, 0.6) is 0 Å². The summed E-state index contributed by atoms with van der Waals surface area (Å²) < 4.78 is 49.1. The van der Waals surface area contributed by atoms with Crippen LogP contribution >= 0.6 is 0 Å². The lowest BCUT2D eigenvalue weighted by atomic mass is 9.80. The number of fused-ring (bicyclic) bond motifs is 1. The molecule has 2 heterocycles. The molecule has 0 spiro atoms. The molecule has 0 bridgehead atoms. The average molecular weight is 479 g/mol. The molecule has 1 amide bonds. The second-order valence-corrected chi connectivity index (χ2v) is 9.81. The Labute approximate surface area is 197 Å². The number of halogens is 3. The van der Waals surface area contributed by atoms with E-state index in [1.165, 1.54) is 12.4 Å². The van der Waals surface area contributed by atoms with Gasteiger partial charge in [-0.2, -0.15) is 13.2 Å². The molecular formula is C24H30F3N5O2. The van der Waals surface area contributed by atoms with Crippen molar-refractivity contribution in [3.05, 3.63) is 30.1 Å². The standard InChI is InChI=1S/C24H30F3N5O2/c25-24(26,27)16-5-8-20-19(9-16)23(30-13-29-20)32(12-21(28)33)18-10-31(11-18)17-6-3-15(4-7-17)22(34)14-1-2-14/h5,8-9,13-15,17-18,22,34H,1-4,6-7,10-12H2,(H2,28,33)/i17D. The van der Waals surface area contributed by atoms with Gasteiger partial charge in [0.15, 0.2) is 0 Å². The summed E-state index contributed by atoms with van der Waals surface area (Å²) in [4.78, 5) is 23.9. The highest BCUT2D eigenvalue weighted by atomic mass is 19.4. The van der Waals surface area contributed by atoms with Crippen molar-refractivity contribution in [2.24, 2.45) is 17.6 Å². The fourth-order valence-electron chi connectivity index (χ4n) is 5.36. The largest absolute Gasteiger partial charge is 0.416 e. The molecule has 34 heavy (non-hydrogen) atoms. The number of rotatable bonds is 7. The number of hydrogen-bond donors (Lipinski definition) is 2. The van der Waals surface area contributed by atoms with E-state index in [1.54, 1.807) is 4.90 Å². The Bertz CT molecular complexity index is 1100. The Balaban J connectivity index is 1.33. The van der Waals surface area contributed by atoms with Gasteiger partial charge in [0.05, 0.1) is 29.8 Å². The van der Waals surface area contributed by atoms with Crippen molar-refractivity contribution in [3.8, 4) is 0 Å². The highest BCUT2D eigenvalue weighted by Gasteiger charge is 2.42. The van der Waals surface area contributed by atoms with E-state index in [0.717, 1.165) is 37.8 Å². The zero-order valence-electron chi connectivity index (χ0n) is 19.8. The normalized spacial score (nSPS) is 27.8. The first-order chi connectivity index (χ1) is 16.5. The summed E-state index contributed by atoms with van der Waals surface area (Å²) in [5, 5.41) is 10.7. The van der Waals surface area contributed by atoms with Crippen molar-refractivity contribution in [2.75, 3.05) is 24.5 Å². The third-order valence-electron chi connectivity index (χ3n) is 7.49. The van der Waals surface area contributed by atoms with Gasteiger partial charge in [0.2, 0.25) is 5.91 Å². The molecule has 1 aromatic carbocycles. The van der Waals surface area contributed by atoms with Gasteiger partial charge in [-0.15, -0.1) is 0 Å². The molecule has 10 heteroatoms. The van der Waals surface area contributed by atoms with Crippen LogP contribution in [0.25, 0.3) is 10.9 Å². The average Bonchev–Trinajstić information content (AvgIpc) is 3.61. The van der Waals surface area contributed by atoms with E-state index in [-0.39, 0.29) is 35.8 Å². The molecular weight excluding hydrogens is 447 g/mol. The lowest BCUT2D eigenvalue weighted by Gasteiger charge is -2.50. The first-order valence-corrected chi connectivity index (χ1v) is 11.9. The molecule has 3 fully saturated rings. The minimum Gasteiger partial charge on any atom is -0.393 e. The van der Waals surface area contributed by atoms with Gasteiger partial charge in [-0.3, -0.25) is 9.69 Å². The predicted octanol–water partition coefficient (Wildman–Crippen LogP) is 2.95. The van der Waals surface area contributed by atoms with E-state index in [2.05, 4.69) is 14.9 Å². The SMILES string of the molecule is [2H]C1(N2CC(N(CC(N)=O)c3ncnc4ccc(C(F)(F)F)cc34)C2)CCC(C(O)C2CC2)CC1. The van der Waals surface area contributed by atoms with Crippen LogP contribution in [-0.2, 0) is 11.0 Å². The van der Waals surface area contributed by atoms with Crippen LogP contribution in [0.2, 0.25) is 0 Å². The summed E-state index contributed by atoms with van der Waals surface area (Å²) in [6.45, 7) is 0.773. The number of aromatic nitrogens is 2. The monoisotopic (exact) mass is 478 g/mol. The second kappa shape index (κ2) is 8.96. The summed E-state index contributed by atoms with van der Waals surface area (Å²) in [5.74, 6) is 0.298. The number of nitrogens with two attached hydrogens (primary N) is 1. The zero-order valence-corrected chi connectivity index (χ0v) is 18.8. The third kappa shape index (κ3) is 4.70. The third-order valence-corrected chi connectivity index (χ3v) is 7.49. The maximum absolute atomic E-state index is 13.3. The number of aliphatic hydroxyl groups excluding tert-OH is 1. The number of aliphatic hydroxyl groups is 1. The number of benzene rings is 1. The van der Waals surface area contributed by atoms with Crippen molar-refractivity contribution in [1.82, 2.24) is 14.9 Å². The number of anilines is 1. The molecule has 1 saturated heterocycles. The Morgan fingerprint density at radius 3 is 2.41 bits per heavy atom. The molecule has 1 aromatic heterocycles. The van der Waals surface area contributed by atoms with Gasteiger partial charge in [-0.1, -0.05) is 0 Å².